The van der Waals surface area contributed by atoms with E-state index in [9.17, 15) is 24.6 Å². The molecule has 0 aliphatic carbocycles. The number of H-pyrrole nitrogens is 1. The maximum Gasteiger partial charge on any atom is 0.317 e. The second-order valence-corrected chi connectivity index (χ2v) is 15.1. The predicted octanol–water partition coefficient (Wildman–Crippen LogP) is 5.31. The smallest absolute Gasteiger partial charge is 0.317 e. The van der Waals surface area contributed by atoms with Crippen molar-refractivity contribution in [3.05, 3.63) is 106 Å². The summed E-state index contributed by atoms with van der Waals surface area (Å²) >= 11 is 0. The van der Waals surface area contributed by atoms with Crippen LogP contribution in [0, 0.1) is 5.92 Å². The van der Waals surface area contributed by atoms with Gasteiger partial charge in [0.2, 0.25) is 5.56 Å². The molecule has 2 bridgehead atoms. The van der Waals surface area contributed by atoms with Crippen molar-refractivity contribution in [2.24, 2.45) is 5.92 Å². The molecule has 5 heterocycles. The first-order valence-electron chi connectivity index (χ1n) is 19.6. The molecule has 54 heavy (non-hydrogen) atoms. The van der Waals surface area contributed by atoms with Gasteiger partial charge in [-0.2, -0.15) is 0 Å². The van der Waals surface area contributed by atoms with Crippen LogP contribution in [0.4, 0.5) is 0 Å². The van der Waals surface area contributed by atoms with E-state index in [2.05, 4.69) is 15.2 Å². The quantitative estimate of drug-likeness (QED) is 0.0944. The van der Waals surface area contributed by atoms with Crippen LogP contribution in [0.15, 0.2) is 83.7 Å². The van der Waals surface area contributed by atoms with Crippen molar-refractivity contribution in [1.29, 1.82) is 0 Å². The Kier molecular flexibility index (Phi) is 12.0. The number of aromatic hydroxyl groups is 1. The molecule has 286 valence electrons. The molecule has 4 fully saturated rings. The van der Waals surface area contributed by atoms with Crippen molar-refractivity contribution >= 4 is 22.8 Å². The van der Waals surface area contributed by atoms with Crippen LogP contribution in [0.1, 0.15) is 79.0 Å². The number of unbranched alkanes of at least 4 members (excludes halogenated alkanes) is 3. The lowest BCUT2D eigenvalue weighted by atomic mass is 9.72. The number of ether oxygens (including phenoxy) is 2. The molecule has 2 atom stereocenters. The number of hydrogen-bond acceptors (Lipinski definition) is 9. The van der Waals surface area contributed by atoms with Crippen LogP contribution < -0.4 is 15.6 Å². The molecule has 0 radical (unpaired) electrons. The third kappa shape index (κ3) is 8.48. The summed E-state index contributed by atoms with van der Waals surface area (Å²) in [5.41, 5.74) is 1.49. The summed E-state index contributed by atoms with van der Waals surface area (Å²) in [5, 5.41) is 24.7. The lowest BCUT2D eigenvalue weighted by Gasteiger charge is -2.46. The molecule has 0 saturated carbocycles. The van der Waals surface area contributed by atoms with E-state index in [-0.39, 0.29) is 29.3 Å². The molecule has 4 N–H and O–H groups in total. The Bertz CT molecular complexity index is 1930. The number of benzene rings is 3. The number of carbonyl (C=O) groups excluding carboxylic acids is 2. The molecule has 4 aliphatic heterocycles. The van der Waals surface area contributed by atoms with E-state index in [1.165, 1.54) is 12.1 Å². The molecule has 3 aromatic carbocycles. The van der Waals surface area contributed by atoms with Gasteiger partial charge in [-0.1, -0.05) is 49.2 Å². The Morgan fingerprint density at radius 2 is 1.63 bits per heavy atom. The number of aromatic nitrogens is 1. The number of rotatable bonds is 15. The maximum atomic E-state index is 14.0. The van der Waals surface area contributed by atoms with E-state index in [0.29, 0.717) is 67.0 Å². The average Bonchev–Trinajstić information content (AvgIpc) is 3.21. The number of hydrogen-bond donors (Lipinski definition) is 4. The largest absolute Gasteiger partial charge is 0.506 e. The number of nitrogens with one attached hydrogen (secondary N) is 2. The number of phenolic OH excluding ortho intramolecular Hbond substituents is 1. The Labute approximate surface area is 316 Å². The van der Waals surface area contributed by atoms with Crippen molar-refractivity contribution in [2.75, 3.05) is 52.4 Å². The molecule has 0 spiro atoms. The van der Waals surface area contributed by atoms with E-state index in [1.807, 2.05) is 59.5 Å². The number of aromatic amines is 1. The molecule has 4 saturated heterocycles. The van der Waals surface area contributed by atoms with Gasteiger partial charge in [0.05, 0.1) is 23.6 Å². The fourth-order valence-electron chi connectivity index (χ4n) is 8.42. The predicted molar refractivity (Wildman–Crippen MR) is 207 cm³/mol. The first-order chi connectivity index (χ1) is 26.3. The monoisotopic (exact) mass is 736 g/mol. The van der Waals surface area contributed by atoms with Crippen LogP contribution in [0.2, 0.25) is 0 Å². The van der Waals surface area contributed by atoms with Crippen molar-refractivity contribution in [3.8, 4) is 11.5 Å². The molecule has 4 aromatic rings. The topological polar surface area (TPSA) is 144 Å². The number of aliphatic hydroxyl groups is 1. The summed E-state index contributed by atoms with van der Waals surface area (Å²) in [5.74, 6) is 0.962. The minimum Gasteiger partial charge on any atom is -0.506 e. The summed E-state index contributed by atoms with van der Waals surface area (Å²) in [7, 11) is 0. The van der Waals surface area contributed by atoms with Gasteiger partial charge in [-0.05, 0) is 112 Å². The van der Waals surface area contributed by atoms with Crippen LogP contribution in [-0.4, -0.2) is 95.4 Å². The van der Waals surface area contributed by atoms with Crippen molar-refractivity contribution in [3.63, 3.8) is 0 Å². The highest BCUT2D eigenvalue weighted by molar-refractivity contribution is 5.95. The number of nitrogens with zero attached hydrogens (tertiary/aromatic N) is 2. The van der Waals surface area contributed by atoms with Crippen LogP contribution in [0.5, 0.6) is 11.5 Å². The van der Waals surface area contributed by atoms with Crippen LogP contribution in [-0.2, 0) is 14.9 Å². The van der Waals surface area contributed by atoms with Gasteiger partial charge in [-0.15, -0.1) is 0 Å². The summed E-state index contributed by atoms with van der Waals surface area (Å²) in [6.07, 6.45) is 6.29. The van der Waals surface area contributed by atoms with E-state index < -0.39 is 11.5 Å². The molecule has 1 aromatic heterocycles. The number of likely N-dealkylation sites (tertiary alicyclic amines) is 1. The lowest BCUT2D eigenvalue weighted by molar-refractivity contribution is -0.167. The molecule has 1 unspecified atom stereocenters. The van der Waals surface area contributed by atoms with Crippen LogP contribution >= 0.6 is 0 Å². The van der Waals surface area contributed by atoms with Gasteiger partial charge in [-0.3, -0.25) is 19.3 Å². The minimum absolute atomic E-state index is 0.0253. The number of esters is 1. The van der Waals surface area contributed by atoms with Gasteiger partial charge in [-0.25, -0.2) is 0 Å². The zero-order valence-corrected chi connectivity index (χ0v) is 30.9. The molecule has 11 heteroatoms. The second-order valence-electron chi connectivity index (χ2n) is 15.1. The third-order valence-electron chi connectivity index (χ3n) is 11.7. The van der Waals surface area contributed by atoms with Gasteiger partial charge < -0.3 is 34.9 Å². The van der Waals surface area contributed by atoms with Crippen LogP contribution in [0.25, 0.3) is 10.9 Å². The highest BCUT2D eigenvalue weighted by Crippen LogP contribution is 2.39. The zero-order chi connectivity index (χ0) is 37.5. The number of aliphatic hydroxyl groups excluding tert-OH is 1. The zero-order valence-electron chi connectivity index (χ0n) is 30.9. The van der Waals surface area contributed by atoms with Gasteiger partial charge in [0, 0.05) is 43.2 Å². The number of pyridine rings is 1. The molecular weight excluding hydrogens is 684 g/mol. The second kappa shape index (κ2) is 17.2. The fraction of sp³-hybridized carbons (Fsp3) is 0.465. The average molecular weight is 737 g/mol. The van der Waals surface area contributed by atoms with Gasteiger partial charge in [0.15, 0.2) is 0 Å². The number of fused-ring (bicyclic) bond motifs is 4. The van der Waals surface area contributed by atoms with Gasteiger partial charge in [0.25, 0.3) is 5.91 Å². The van der Waals surface area contributed by atoms with Crippen molar-refractivity contribution < 1.29 is 29.3 Å². The summed E-state index contributed by atoms with van der Waals surface area (Å²) in [6.45, 7) is 5.68. The van der Waals surface area contributed by atoms with Crippen molar-refractivity contribution in [2.45, 2.75) is 69.0 Å². The lowest BCUT2D eigenvalue weighted by Crippen LogP contribution is -2.55. The molecule has 11 nitrogen and oxygen atoms in total. The molecule has 8 rings (SSSR count). The summed E-state index contributed by atoms with van der Waals surface area (Å²) < 4.78 is 12.3. The molecule has 4 aliphatic rings. The van der Waals surface area contributed by atoms with Crippen molar-refractivity contribution in [1.82, 2.24) is 20.1 Å². The first kappa shape index (κ1) is 37.6. The van der Waals surface area contributed by atoms with Gasteiger partial charge >= 0.3 is 5.97 Å². The maximum absolute atomic E-state index is 14.0. The Morgan fingerprint density at radius 3 is 2.35 bits per heavy atom. The van der Waals surface area contributed by atoms with E-state index >= 15 is 0 Å². The summed E-state index contributed by atoms with van der Waals surface area (Å²) in [4.78, 5) is 46.1. The van der Waals surface area contributed by atoms with Gasteiger partial charge in [0.1, 0.15) is 17.6 Å². The number of carbonyl (C=O) groups is 2. The number of amides is 1. The Balaban J connectivity index is 0.814. The standard InChI is InChI=1S/C43H52N4O7/c48-36-16-14-34(35-15-17-39(50)45-40(35)36)37(49)28-44-22-6-1-2-7-27-53-33-12-10-31(11-13-33)41(51)47-25-20-43(21-26-47,32-8-4-3-5-9-32)42(52)54-38-29-46-23-18-30(38)19-24-46/h3-5,8-17,30,37-38,44,48-49H,1-2,6-7,18-29H2,(H,45,50)/t37?,38-/m0/s1. The minimum atomic E-state index is -0.775. The van der Waals surface area contributed by atoms with E-state index in [4.69, 9.17) is 9.47 Å². The fourth-order valence-corrected chi connectivity index (χ4v) is 8.42. The normalized spacial score (nSPS) is 21.1. The highest BCUT2D eigenvalue weighted by atomic mass is 16.5. The SMILES string of the molecule is O=C(c1ccc(OCCCCCCNCC(O)c2ccc(O)c3[nH]c(=O)ccc23)cc1)N1CCC(C(=O)O[C@H]2CN3CCC2CC3)(c2ccccc2)CC1. The summed E-state index contributed by atoms with van der Waals surface area (Å²) in [6, 6.07) is 23.5. The number of piperidine rings is 4. The Morgan fingerprint density at radius 1 is 0.889 bits per heavy atom. The Hall–Kier alpha value is -4.71. The van der Waals surface area contributed by atoms with E-state index in [0.717, 1.165) is 76.0 Å². The highest BCUT2D eigenvalue weighted by Gasteiger charge is 2.47. The molecular formula is C43H52N4O7. The molecule has 1 amide bonds. The first-order valence-corrected chi connectivity index (χ1v) is 19.6. The third-order valence-corrected chi connectivity index (χ3v) is 11.7. The van der Waals surface area contributed by atoms with Crippen LogP contribution in [0.3, 0.4) is 0 Å². The van der Waals surface area contributed by atoms with E-state index in [1.54, 1.807) is 12.1 Å². The number of phenols is 1.